The lowest BCUT2D eigenvalue weighted by Gasteiger charge is -2.09. The van der Waals surface area contributed by atoms with Crippen LogP contribution >= 0.6 is 0 Å². The number of rotatable bonds is 1. The Hall–Kier alpha value is -1.90. The quantitative estimate of drug-likeness (QED) is 0.792. The molecular formula is C13H15N3. The lowest BCUT2D eigenvalue weighted by molar-refractivity contribution is 1.06. The van der Waals surface area contributed by atoms with E-state index in [0.717, 1.165) is 11.1 Å². The van der Waals surface area contributed by atoms with Crippen LogP contribution in [0.15, 0.2) is 24.4 Å². The van der Waals surface area contributed by atoms with Gasteiger partial charge in [0.25, 0.3) is 0 Å². The van der Waals surface area contributed by atoms with E-state index in [1.807, 2.05) is 6.92 Å². The van der Waals surface area contributed by atoms with Crippen molar-refractivity contribution >= 4 is 5.82 Å². The standard InChI is InChI=1S/C13H15N3/c1-8-4-5-11(9(2)6-8)12-7-15-10(3)16-13(12)14/h4-7H,1-3H3,(H2,14,15,16). The topological polar surface area (TPSA) is 51.8 Å². The van der Waals surface area contributed by atoms with Crippen molar-refractivity contribution in [3.05, 3.63) is 41.3 Å². The fourth-order valence-corrected chi connectivity index (χ4v) is 1.81. The van der Waals surface area contributed by atoms with Gasteiger partial charge in [-0.05, 0) is 31.9 Å². The highest BCUT2D eigenvalue weighted by molar-refractivity contribution is 5.75. The lowest BCUT2D eigenvalue weighted by Crippen LogP contribution is -1.99. The molecule has 0 amide bonds. The zero-order chi connectivity index (χ0) is 11.7. The number of benzene rings is 1. The Morgan fingerprint density at radius 3 is 2.44 bits per heavy atom. The Bertz CT molecular complexity index is 483. The van der Waals surface area contributed by atoms with Crippen LogP contribution in [0.5, 0.6) is 0 Å². The summed E-state index contributed by atoms with van der Waals surface area (Å²) in [5.74, 6) is 1.24. The molecule has 2 aromatic rings. The second kappa shape index (κ2) is 3.93. The summed E-state index contributed by atoms with van der Waals surface area (Å²) in [6.45, 7) is 5.98. The van der Waals surface area contributed by atoms with E-state index in [1.54, 1.807) is 6.20 Å². The molecule has 0 saturated heterocycles. The Labute approximate surface area is 95.4 Å². The van der Waals surface area contributed by atoms with Crippen LogP contribution in [0.1, 0.15) is 17.0 Å². The summed E-state index contributed by atoms with van der Waals surface area (Å²) in [6.07, 6.45) is 1.79. The third-order valence-corrected chi connectivity index (χ3v) is 2.61. The van der Waals surface area contributed by atoms with Gasteiger partial charge in [0.1, 0.15) is 11.6 Å². The normalized spacial score (nSPS) is 10.4. The molecule has 1 aromatic heterocycles. The number of hydrogen-bond donors (Lipinski definition) is 1. The highest BCUT2D eigenvalue weighted by Gasteiger charge is 2.07. The highest BCUT2D eigenvalue weighted by atomic mass is 14.9. The van der Waals surface area contributed by atoms with Gasteiger partial charge in [-0.15, -0.1) is 0 Å². The predicted octanol–water partition coefficient (Wildman–Crippen LogP) is 2.65. The summed E-state index contributed by atoms with van der Waals surface area (Å²) < 4.78 is 0. The molecule has 16 heavy (non-hydrogen) atoms. The van der Waals surface area contributed by atoms with Crippen molar-refractivity contribution in [2.45, 2.75) is 20.8 Å². The van der Waals surface area contributed by atoms with E-state index >= 15 is 0 Å². The molecule has 3 nitrogen and oxygen atoms in total. The summed E-state index contributed by atoms with van der Waals surface area (Å²) in [6, 6.07) is 6.27. The minimum Gasteiger partial charge on any atom is -0.383 e. The molecule has 0 radical (unpaired) electrons. The first kappa shape index (κ1) is 10.6. The maximum Gasteiger partial charge on any atom is 0.135 e. The van der Waals surface area contributed by atoms with Crippen LogP contribution < -0.4 is 5.73 Å². The van der Waals surface area contributed by atoms with Gasteiger partial charge < -0.3 is 5.73 Å². The predicted molar refractivity (Wildman–Crippen MR) is 66.1 cm³/mol. The number of anilines is 1. The molecule has 3 heteroatoms. The Kier molecular flexibility index (Phi) is 2.60. The van der Waals surface area contributed by atoms with E-state index in [2.05, 4.69) is 42.0 Å². The van der Waals surface area contributed by atoms with Crippen molar-refractivity contribution in [2.75, 3.05) is 5.73 Å². The average Bonchev–Trinajstić information content (AvgIpc) is 2.19. The van der Waals surface area contributed by atoms with Crippen molar-refractivity contribution in [3.8, 4) is 11.1 Å². The minimum atomic E-state index is 0.541. The summed E-state index contributed by atoms with van der Waals surface area (Å²) in [4.78, 5) is 8.37. The Morgan fingerprint density at radius 1 is 1.06 bits per heavy atom. The van der Waals surface area contributed by atoms with Gasteiger partial charge >= 0.3 is 0 Å². The zero-order valence-electron chi connectivity index (χ0n) is 9.78. The maximum atomic E-state index is 5.91. The van der Waals surface area contributed by atoms with Crippen molar-refractivity contribution in [2.24, 2.45) is 0 Å². The molecule has 1 heterocycles. The van der Waals surface area contributed by atoms with E-state index in [9.17, 15) is 0 Å². The van der Waals surface area contributed by atoms with Crippen LogP contribution in [0.25, 0.3) is 11.1 Å². The highest BCUT2D eigenvalue weighted by Crippen LogP contribution is 2.27. The van der Waals surface area contributed by atoms with Crippen LogP contribution in [-0.2, 0) is 0 Å². The molecule has 0 aliphatic heterocycles. The van der Waals surface area contributed by atoms with Gasteiger partial charge in [-0.2, -0.15) is 0 Å². The van der Waals surface area contributed by atoms with Crippen LogP contribution in [-0.4, -0.2) is 9.97 Å². The molecule has 1 aromatic carbocycles. The Balaban J connectivity index is 2.59. The molecule has 0 saturated carbocycles. The van der Waals surface area contributed by atoms with Gasteiger partial charge in [0.15, 0.2) is 0 Å². The van der Waals surface area contributed by atoms with Crippen LogP contribution in [0.4, 0.5) is 5.82 Å². The molecule has 0 bridgehead atoms. The largest absolute Gasteiger partial charge is 0.383 e. The first-order valence-electron chi connectivity index (χ1n) is 5.24. The minimum absolute atomic E-state index is 0.541. The molecule has 82 valence electrons. The zero-order valence-corrected chi connectivity index (χ0v) is 9.78. The van der Waals surface area contributed by atoms with Gasteiger partial charge in [-0.25, -0.2) is 9.97 Å². The van der Waals surface area contributed by atoms with E-state index in [1.165, 1.54) is 11.1 Å². The number of aryl methyl sites for hydroxylation is 3. The molecule has 0 unspecified atom stereocenters. The second-order valence-electron chi connectivity index (χ2n) is 4.03. The summed E-state index contributed by atoms with van der Waals surface area (Å²) in [5, 5.41) is 0. The third kappa shape index (κ3) is 1.89. The SMILES string of the molecule is Cc1ccc(-c2cnc(C)nc2N)c(C)c1. The van der Waals surface area contributed by atoms with Crippen molar-refractivity contribution in [1.82, 2.24) is 9.97 Å². The number of aromatic nitrogens is 2. The van der Waals surface area contributed by atoms with Crippen molar-refractivity contribution < 1.29 is 0 Å². The molecule has 0 fully saturated rings. The number of hydrogen-bond acceptors (Lipinski definition) is 3. The summed E-state index contributed by atoms with van der Waals surface area (Å²) >= 11 is 0. The molecule has 2 rings (SSSR count). The third-order valence-electron chi connectivity index (χ3n) is 2.61. The lowest BCUT2D eigenvalue weighted by atomic mass is 10.0. The molecule has 2 N–H and O–H groups in total. The summed E-state index contributed by atoms with van der Waals surface area (Å²) in [5.41, 5.74) is 10.4. The second-order valence-corrected chi connectivity index (χ2v) is 4.03. The summed E-state index contributed by atoms with van der Waals surface area (Å²) in [7, 11) is 0. The van der Waals surface area contributed by atoms with Gasteiger partial charge in [0.05, 0.1) is 0 Å². The Morgan fingerprint density at radius 2 is 1.81 bits per heavy atom. The van der Waals surface area contributed by atoms with Gasteiger partial charge in [-0.3, -0.25) is 0 Å². The van der Waals surface area contributed by atoms with E-state index in [4.69, 9.17) is 5.73 Å². The number of nitrogens with zero attached hydrogens (tertiary/aromatic N) is 2. The first-order valence-corrected chi connectivity index (χ1v) is 5.24. The van der Waals surface area contributed by atoms with Gasteiger partial charge in [0, 0.05) is 11.8 Å². The van der Waals surface area contributed by atoms with Crippen molar-refractivity contribution in [1.29, 1.82) is 0 Å². The molecule has 0 atom stereocenters. The fourth-order valence-electron chi connectivity index (χ4n) is 1.81. The van der Waals surface area contributed by atoms with Crippen molar-refractivity contribution in [3.63, 3.8) is 0 Å². The number of nitrogens with two attached hydrogens (primary N) is 1. The van der Waals surface area contributed by atoms with Crippen LogP contribution in [0, 0.1) is 20.8 Å². The smallest absolute Gasteiger partial charge is 0.135 e. The monoisotopic (exact) mass is 213 g/mol. The van der Waals surface area contributed by atoms with Crippen LogP contribution in [0.3, 0.4) is 0 Å². The molecule has 0 spiro atoms. The van der Waals surface area contributed by atoms with Crippen LogP contribution in [0.2, 0.25) is 0 Å². The molecule has 0 aliphatic rings. The van der Waals surface area contributed by atoms with E-state index in [-0.39, 0.29) is 0 Å². The maximum absolute atomic E-state index is 5.91. The van der Waals surface area contributed by atoms with E-state index < -0.39 is 0 Å². The van der Waals surface area contributed by atoms with Gasteiger partial charge in [0.2, 0.25) is 0 Å². The van der Waals surface area contributed by atoms with E-state index in [0.29, 0.717) is 11.6 Å². The average molecular weight is 213 g/mol. The first-order chi connectivity index (χ1) is 7.58. The molecule has 0 aliphatic carbocycles. The van der Waals surface area contributed by atoms with Gasteiger partial charge in [-0.1, -0.05) is 23.8 Å². The number of nitrogen functional groups attached to an aromatic ring is 1. The fraction of sp³-hybridized carbons (Fsp3) is 0.231. The molecular weight excluding hydrogens is 198 g/mol.